The highest BCUT2D eigenvalue weighted by Crippen LogP contribution is 2.31. The lowest BCUT2D eigenvalue weighted by Gasteiger charge is -2.20. The minimum absolute atomic E-state index is 0.00686. The lowest BCUT2D eigenvalue weighted by Crippen LogP contribution is -2.35. The summed E-state index contributed by atoms with van der Waals surface area (Å²) < 4.78 is 11.7. The molecule has 180 valence electrons. The van der Waals surface area contributed by atoms with Gasteiger partial charge in [0.1, 0.15) is 29.8 Å². The second-order valence-corrected chi connectivity index (χ2v) is 9.23. The fraction of sp³-hybridized carbons (Fsp3) is 0.143. The summed E-state index contributed by atoms with van der Waals surface area (Å²) in [6.45, 7) is 4.89. The first-order chi connectivity index (χ1) is 17.5. The van der Waals surface area contributed by atoms with Crippen LogP contribution >= 0.6 is 11.8 Å². The van der Waals surface area contributed by atoms with Crippen molar-refractivity contribution in [2.75, 3.05) is 13.2 Å². The molecule has 7 nitrogen and oxygen atoms in total. The van der Waals surface area contributed by atoms with Crippen LogP contribution in [0.3, 0.4) is 0 Å². The van der Waals surface area contributed by atoms with Crippen molar-refractivity contribution >= 4 is 39.8 Å². The molecule has 2 aliphatic rings. The Balaban J connectivity index is 1.22. The second kappa shape index (κ2) is 10.2. The van der Waals surface area contributed by atoms with Crippen LogP contribution in [-0.4, -0.2) is 40.2 Å². The number of hydrazone groups is 1. The Morgan fingerprint density at radius 3 is 2.33 bits per heavy atom. The number of hydrogen-bond acceptors (Lipinski definition) is 6. The van der Waals surface area contributed by atoms with Crippen LogP contribution in [-0.2, 0) is 4.79 Å². The first-order valence-corrected chi connectivity index (χ1v) is 12.3. The lowest BCUT2D eigenvalue weighted by molar-refractivity contribution is -0.114. The molecular weight excluding hydrogens is 472 g/mol. The van der Waals surface area contributed by atoms with Crippen LogP contribution in [0.15, 0.2) is 88.5 Å². The molecule has 2 heterocycles. The Hall–Kier alpha value is -4.17. The maximum absolute atomic E-state index is 12.7. The van der Waals surface area contributed by atoms with Crippen molar-refractivity contribution in [3.8, 4) is 11.5 Å². The molecule has 0 atom stereocenters. The average Bonchev–Trinajstić information content (AvgIpc) is 3.31. The van der Waals surface area contributed by atoms with Crippen molar-refractivity contribution < 1.29 is 14.3 Å². The minimum Gasteiger partial charge on any atom is -0.490 e. The van der Waals surface area contributed by atoms with E-state index in [9.17, 15) is 4.79 Å². The van der Waals surface area contributed by atoms with Crippen LogP contribution in [0.2, 0.25) is 0 Å². The number of nitrogens with zero attached hydrogens (tertiary/aromatic N) is 3. The fourth-order valence-electron chi connectivity index (χ4n) is 3.85. The van der Waals surface area contributed by atoms with Gasteiger partial charge in [-0.3, -0.25) is 10.2 Å². The summed E-state index contributed by atoms with van der Waals surface area (Å²) in [6, 6.07) is 23.0. The van der Waals surface area contributed by atoms with Gasteiger partial charge >= 0.3 is 0 Å². The van der Waals surface area contributed by atoms with E-state index < -0.39 is 5.91 Å². The molecule has 0 unspecified atom stereocenters. The summed E-state index contributed by atoms with van der Waals surface area (Å²) >= 11 is 1.29. The normalized spacial score (nSPS) is 16.1. The van der Waals surface area contributed by atoms with Crippen LogP contribution in [0.25, 0.3) is 6.08 Å². The zero-order valence-corrected chi connectivity index (χ0v) is 20.7. The van der Waals surface area contributed by atoms with Gasteiger partial charge in [-0.2, -0.15) is 15.1 Å². The maximum atomic E-state index is 12.7. The van der Waals surface area contributed by atoms with Gasteiger partial charge in [0.15, 0.2) is 5.84 Å². The third kappa shape index (κ3) is 4.94. The summed E-state index contributed by atoms with van der Waals surface area (Å²) in [5, 5.41) is 15.6. The molecule has 3 aromatic carbocycles. The molecule has 0 aliphatic carbocycles. The highest BCUT2D eigenvalue weighted by atomic mass is 32.2. The van der Waals surface area contributed by atoms with Crippen molar-refractivity contribution in [1.29, 1.82) is 5.41 Å². The highest BCUT2D eigenvalue weighted by Gasteiger charge is 2.35. The van der Waals surface area contributed by atoms with Crippen molar-refractivity contribution in [1.82, 2.24) is 5.01 Å². The third-order valence-corrected chi connectivity index (χ3v) is 6.63. The van der Waals surface area contributed by atoms with Gasteiger partial charge in [-0.25, -0.2) is 0 Å². The first-order valence-electron chi connectivity index (χ1n) is 11.5. The van der Waals surface area contributed by atoms with E-state index in [1.165, 1.54) is 16.8 Å². The van der Waals surface area contributed by atoms with E-state index >= 15 is 0 Å². The Morgan fingerprint density at radius 1 is 0.917 bits per heavy atom. The van der Waals surface area contributed by atoms with E-state index in [2.05, 4.69) is 10.1 Å². The molecule has 5 rings (SSSR count). The van der Waals surface area contributed by atoms with Gasteiger partial charge in [0, 0.05) is 5.56 Å². The Morgan fingerprint density at radius 2 is 1.61 bits per heavy atom. The van der Waals surface area contributed by atoms with Crippen LogP contribution in [0.4, 0.5) is 0 Å². The number of nitrogens with one attached hydrogen (secondary N) is 1. The molecule has 0 saturated carbocycles. The monoisotopic (exact) mass is 496 g/mol. The number of para-hydroxylation sites is 1. The van der Waals surface area contributed by atoms with Crippen molar-refractivity contribution in [3.05, 3.63) is 101 Å². The van der Waals surface area contributed by atoms with E-state index in [1.54, 1.807) is 6.08 Å². The third-order valence-electron chi connectivity index (χ3n) is 5.67. The van der Waals surface area contributed by atoms with E-state index in [1.807, 2.05) is 86.6 Å². The predicted molar refractivity (Wildman–Crippen MR) is 144 cm³/mol. The second-order valence-electron chi connectivity index (χ2n) is 8.28. The number of ether oxygens (including phenoxy) is 2. The topological polar surface area (TPSA) is 87.3 Å². The van der Waals surface area contributed by atoms with E-state index in [0.717, 1.165) is 28.0 Å². The molecule has 0 saturated heterocycles. The fourth-order valence-corrected chi connectivity index (χ4v) is 4.74. The molecule has 3 aromatic rings. The Bertz CT molecular complexity index is 1390. The molecule has 8 heteroatoms. The van der Waals surface area contributed by atoms with Crippen molar-refractivity contribution in [2.24, 2.45) is 10.1 Å². The summed E-state index contributed by atoms with van der Waals surface area (Å²) in [6.07, 6.45) is 1.65. The summed E-state index contributed by atoms with van der Waals surface area (Å²) in [4.78, 5) is 16.8. The maximum Gasteiger partial charge on any atom is 0.283 e. The number of thioether (sulfide) groups is 1. The van der Waals surface area contributed by atoms with Gasteiger partial charge in [-0.15, -0.1) is 0 Å². The molecule has 1 N–H and O–H groups in total. The standard InChI is InChI=1S/C28H24N4O3S/c1-18-7-6-8-19(2)24(18)35-16-15-34-22-13-11-20(12-14-22)17-23-25(29)32-28(30-26(23)33)36-27(31-32)21-9-4-3-5-10-21/h3-14,17,29H,15-16H2,1-2H3. The van der Waals surface area contributed by atoms with E-state index in [0.29, 0.717) is 29.2 Å². The molecular formula is C28H24N4O3S. The molecule has 0 fully saturated rings. The van der Waals surface area contributed by atoms with Crippen molar-refractivity contribution in [3.63, 3.8) is 0 Å². The SMILES string of the molecule is Cc1cccc(C)c1OCCOc1ccc(C=C2C(=N)N3N=C(c4ccccc4)SC3=NC2=O)cc1. The summed E-state index contributed by atoms with van der Waals surface area (Å²) in [5.41, 5.74) is 4.07. The van der Waals surface area contributed by atoms with Crippen molar-refractivity contribution in [2.45, 2.75) is 13.8 Å². The average molecular weight is 497 g/mol. The van der Waals surface area contributed by atoms with Gasteiger partial charge < -0.3 is 9.47 Å². The van der Waals surface area contributed by atoms with Gasteiger partial charge in [-0.1, -0.05) is 60.7 Å². The Kier molecular flexibility index (Phi) is 6.69. The van der Waals surface area contributed by atoms with Crippen LogP contribution in [0, 0.1) is 19.3 Å². The quantitative estimate of drug-likeness (QED) is 0.348. The van der Waals surface area contributed by atoms with Crippen LogP contribution < -0.4 is 9.47 Å². The van der Waals surface area contributed by atoms with Crippen LogP contribution in [0.1, 0.15) is 22.3 Å². The zero-order chi connectivity index (χ0) is 25.1. The number of aryl methyl sites for hydroxylation is 2. The number of amides is 1. The summed E-state index contributed by atoms with van der Waals surface area (Å²) in [5.74, 6) is 1.14. The number of carbonyl (C=O) groups is 1. The first kappa shape index (κ1) is 23.6. The minimum atomic E-state index is -0.452. The largest absolute Gasteiger partial charge is 0.490 e. The van der Waals surface area contributed by atoms with Gasteiger partial charge in [0.05, 0.1) is 5.57 Å². The molecule has 36 heavy (non-hydrogen) atoms. The molecule has 0 radical (unpaired) electrons. The van der Waals surface area contributed by atoms with Gasteiger partial charge in [-0.05, 0) is 60.5 Å². The molecule has 0 aromatic heterocycles. The van der Waals surface area contributed by atoms with E-state index in [-0.39, 0.29) is 11.4 Å². The lowest BCUT2D eigenvalue weighted by atomic mass is 10.1. The highest BCUT2D eigenvalue weighted by molar-refractivity contribution is 8.27. The molecule has 0 spiro atoms. The molecule has 0 bridgehead atoms. The number of carbonyl (C=O) groups excluding carboxylic acids is 1. The number of rotatable bonds is 7. The van der Waals surface area contributed by atoms with Gasteiger partial charge in [0.2, 0.25) is 5.17 Å². The van der Waals surface area contributed by atoms with Gasteiger partial charge in [0.25, 0.3) is 5.91 Å². The predicted octanol–water partition coefficient (Wildman–Crippen LogP) is 5.43. The Labute approximate surface area is 213 Å². The molecule has 2 aliphatic heterocycles. The smallest absolute Gasteiger partial charge is 0.283 e. The number of amidine groups is 2. The van der Waals surface area contributed by atoms with E-state index in [4.69, 9.17) is 14.9 Å². The zero-order valence-electron chi connectivity index (χ0n) is 19.9. The number of aliphatic imine (C=N–C) groups is 1. The number of hydrogen-bond donors (Lipinski definition) is 1. The van der Waals surface area contributed by atoms with Crippen LogP contribution in [0.5, 0.6) is 11.5 Å². The molecule has 1 amide bonds. The number of fused-ring (bicyclic) bond motifs is 1. The number of benzene rings is 3. The summed E-state index contributed by atoms with van der Waals surface area (Å²) in [7, 11) is 0.